The standard InChI is InChI=1S/C15H12BrClF2/c1-8-6-10(11(17)7-9(8)2)15(16)14-12(18)4-3-5-13(14)19/h3-7,15H,1-2H3. The molecular formula is C15H12BrClF2. The normalized spacial score (nSPS) is 12.5. The van der Waals surface area contributed by atoms with Gasteiger partial charge in [-0.3, -0.25) is 0 Å². The minimum Gasteiger partial charge on any atom is -0.207 e. The first kappa shape index (κ1) is 14.5. The van der Waals surface area contributed by atoms with Gasteiger partial charge in [-0.2, -0.15) is 0 Å². The van der Waals surface area contributed by atoms with Gasteiger partial charge < -0.3 is 0 Å². The lowest BCUT2D eigenvalue weighted by Crippen LogP contribution is -2.02. The Morgan fingerprint density at radius 1 is 1.05 bits per heavy atom. The van der Waals surface area contributed by atoms with Crippen LogP contribution in [0.25, 0.3) is 0 Å². The van der Waals surface area contributed by atoms with Gasteiger partial charge in [0.2, 0.25) is 0 Å². The van der Waals surface area contributed by atoms with Crippen molar-refractivity contribution in [3.8, 4) is 0 Å². The van der Waals surface area contributed by atoms with Crippen LogP contribution in [0.5, 0.6) is 0 Å². The maximum absolute atomic E-state index is 13.8. The third-order valence-electron chi connectivity index (χ3n) is 3.14. The zero-order valence-corrected chi connectivity index (χ0v) is 12.8. The molecule has 100 valence electrons. The number of benzene rings is 2. The van der Waals surface area contributed by atoms with Crippen molar-refractivity contribution in [2.24, 2.45) is 0 Å². The van der Waals surface area contributed by atoms with Crippen LogP contribution < -0.4 is 0 Å². The summed E-state index contributed by atoms with van der Waals surface area (Å²) in [5.41, 5.74) is 2.71. The van der Waals surface area contributed by atoms with E-state index in [0.717, 1.165) is 11.1 Å². The molecule has 1 atom stereocenters. The first-order chi connectivity index (χ1) is 8.91. The molecule has 1 unspecified atom stereocenters. The fourth-order valence-corrected chi connectivity index (χ4v) is 3.18. The quantitative estimate of drug-likeness (QED) is 0.611. The largest absolute Gasteiger partial charge is 0.207 e. The summed E-state index contributed by atoms with van der Waals surface area (Å²) in [7, 11) is 0. The first-order valence-electron chi connectivity index (χ1n) is 5.76. The lowest BCUT2D eigenvalue weighted by atomic mass is 9.99. The van der Waals surface area contributed by atoms with Crippen molar-refractivity contribution in [1.82, 2.24) is 0 Å². The van der Waals surface area contributed by atoms with Crippen LogP contribution in [0, 0.1) is 25.5 Å². The summed E-state index contributed by atoms with van der Waals surface area (Å²) in [5.74, 6) is -1.17. The Kier molecular flexibility index (Phi) is 4.26. The van der Waals surface area contributed by atoms with Crippen LogP contribution in [-0.2, 0) is 0 Å². The molecule has 0 amide bonds. The molecule has 0 aliphatic rings. The van der Waals surface area contributed by atoms with E-state index in [9.17, 15) is 8.78 Å². The maximum atomic E-state index is 13.8. The molecule has 0 saturated carbocycles. The predicted molar refractivity (Wildman–Crippen MR) is 78.1 cm³/mol. The number of hydrogen-bond acceptors (Lipinski definition) is 0. The summed E-state index contributed by atoms with van der Waals surface area (Å²) in [5, 5.41) is 0.493. The second-order valence-electron chi connectivity index (χ2n) is 4.46. The molecule has 2 aromatic carbocycles. The van der Waals surface area contributed by atoms with Gasteiger partial charge in [0.15, 0.2) is 0 Å². The highest BCUT2D eigenvalue weighted by Crippen LogP contribution is 2.38. The van der Waals surface area contributed by atoms with E-state index < -0.39 is 16.5 Å². The molecule has 0 heterocycles. The maximum Gasteiger partial charge on any atom is 0.130 e. The van der Waals surface area contributed by atoms with Gasteiger partial charge in [0.25, 0.3) is 0 Å². The number of aryl methyl sites for hydroxylation is 2. The van der Waals surface area contributed by atoms with Crippen molar-refractivity contribution in [3.63, 3.8) is 0 Å². The second kappa shape index (κ2) is 5.59. The molecule has 0 nitrogen and oxygen atoms in total. The van der Waals surface area contributed by atoms with E-state index in [2.05, 4.69) is 15.9 Å². The lowest BCUT2D eigenvalue weighted by Gasteiger charge is -2.16. The van der Waals surface area contributed by atoms with Crippen molar-refractivity contribution in [2.75, 3.05) is 0 Å². The van der Waals surface area contributed by atoms with Gasteiger partial charge in [0, 0.05) is 10.6 Å². The van der Waals surface area contributed by atoms with Crippen LogP contribution in [0.3, 0.4) is 0 Å². The molecule has 2 rings (SSSR count). The van der Waals surface area contributed by atoms with Gasteiger partial charge in [-0.05, 0) is 48.7 Å². The highest BCUT2D eigenvalue weighted by Gasteiger charge is 2.21. The molecule has 0 aliphatic heterocycles. The van der Waals surface area contributed by atoms with Crippen molar-refractivity contribution < 1.29 is 8.78 Å². The molecule has 2 aromatic rings. The minimum atomic E-state index is -0.611. The van der Waals surface area contributed by atoms with Crippen LogP contribution >= 0.6 is 27.5 Å². The topological polar surface area (TPSA) is 0 Å². The SMILES string of the molecule is Cc1cc(Cl)c(C(Br)c2c(F)cccc2F)cc1C. The third-order valence-corrected chi connectivity index (χ3v) is 4.42. The van der Waals surface area contributed by atoms with Crippen LogP contribution in [-0.4, -0.2) is 0 Å². The first-order valence-corrected chi connectivity index (χ1v) is 7.05. The van der Waals surface area contributed by atoms with Gasteiger partial charge >= 0.3 is 0 Å². The Bertz CT molecular complexity index is 606. The molecule has 0 saturated heterocycles. The van der Waals surface area contributed by atoms with Crippen molar-refractivity contribution in [2.45, 2.75) is 18.7 Å². The Labute approximate surface area is 124 Å². The minimum absolute atomic E-state index is 0.0207. The summed E-state index contributed by atoms with van der Waals surface area (Å²) >= 11 is 9.52. The van der Waals surface area contributed by atoms with E-state index >= 15 is 0 Å². The van der Waals surface area contributed by atoms with Gasteiger partial charge in [0.1, 0.15) is 11.6 Å². The molecule has 0 spiro atoms. The average Bonchev–Trinajstić information content (AvgIpc) is 2.33. The second-order valence-corrected chi connectivity index (χ2v) is 5.78. The summed E-state index contributed by atoms with van der Waals surface area (Å²) in [4.78, 5) is -0.611. The number of hydrogen-bond donors (Lipinski definition) is 0. The Hall–Kier alpha value is -0.930. The van der Waals surface area contributed by atoms with Gasteiger partial charge in [-0.1, -0.05) is 39.7 Å². The summed E-state index contributed by atoms with van der Waals surface area (Å²) in [6, 6.07) is 7.47. The zero-order valence-electron chi connectivity index (χ0n) is 10.5. The number of halogens is 4. The molecule has 19 heavy (non-hydrogen) atoms. The third kappa shape index (κ3) is 2.82. The molecule has 0 fully saturated rings. The highest BCUT2D eigenvalue weighted by atomic mass is 79.9. The Morgan fingerprint density at radius 2 is 1.58 bits per heavy atom. The average molecular weight is 346 g/mol. The summed E-state index contributed by atoms with van der Waals surface area (Å²) in [6.07, 6.45) is 0. The molecule has 0 aliphatic carbocycles. The van der Waals surface area contributed by atoms with Gasteiger partial charge in [0.05, 0.1) is 4.83 Å². The van der Waals surface area contributed by atoms with Crippen LogP contribution in [0.1, 0.15) is 27.1 Å². The van der Waals surface area contributed by atoms with E-state index in [4.69, 9.17) is 11.6 Å². The van der Waals surface area contributed by atoms with Gasteiger partial charge in [-0.25, -0.2) is 8.78 Å². The number of alkyl halides is 1. The Morgan fingerprint density at radius 3 is 2.16 bits per heavy atom. The van der Waals surface area contributed by atoms with E-state index in [0.29, 0.717) is 10.6 Å². The molecule has 0 radical (unpaired) electrons. The monoisotopic (exact) mass is 344 g/mol. The molecule has 0 N–H and O–H groups in total. The zero-order chi connectivity index (χ0) is 14.2. The van der Waals surface area contributed by atoms with Crippen LogP contribution in [0.15, 0.2) is 30.3 Å². The van der Waals surface area contributed by atoms with E-state index in [1.807, 2.05) is 19.9 Å². The van der Waals surface area contributed by atoms with Crippen LogP contribution in [0.4, 0.5) is 8.78 Å². The summed E-state index contributed by atoms with van der Waals surface area (Å²) < 4.78 is 27.6. The van der Waals surface area contributed by atoms with Crippen molar-refractivity contribution in [1.29, 1.82) is 0 Å². The highest BCUT2D eigenvalue weighted by molar-refractivity contribution is 9.09. The van der Waals surface area contributed by atoms with E-state index in [1.165, 1.54) is 18.2 Å². The molecular weight excluding hydrogens is 334 g/mol. The molecule has 0 aromatic heterocycles. The van der Waals surface area contributed by atoms with Crippen LogP contribution in [0.2, 0.25) is 5.02 Å². The van der Waals surface area contributed by atoms with Crippen molar-refractivity contribution in [3.05, 3.63) is 69.2 Å². The smallest absolute Gasteiger partial charge is 0.130 e. The number of rotatable bonds is 2. The Balaban J connectivity index is 2.56. The van der Waals surface area contributed by atoms with Gasteiger partial charge in [-0.15, -0.1) is 0 Å². The van der Waals surface area contributed by atoms with E-state index in [1.54, 1.807) is 6.07 Å². The molecule has 4 heteroatoms. The molecule has 0 bridgehead atoms. The predicted octanol–water partition coefficient (Wildman–Crippen LogP) is 5.72. The lowest BCUT2D eigenvalue weighted by molar-refractivity contribution is 0.561. The summed E-state index contributed by atoms with van der Waals surface area (Å²) in [6.45, 7) is 3.88. The van der Waals surface area contributed by atoms with E-state index in [-0.39, 0.29) is 5.56 Å². The fraction of sp³-hybridized carbons (Fsp3) is 0.200. The van der Waals surface area contributed by atoms with Crippen molar-refractivity contribution >= 4 is 27.5 Å². The fourth-order valence-electron chi connectivity index (χ4n) is 1.91.